The molecule has 0 aliphatic carbocycles. The number of aryl methyl sites for hydroxylation is 1. The molecule has 0 aliphatic rings. The van der Waals surface area contributed by atoms with E-state index in [0.717, 1.165) is 5.56 Å². The number of halogens is 1. The molecule has 110 valence electrons. The molecule has 5 nitrogen and oxygen atoms in total. The first kappa shape index (κ1) is 14.8. The minimum atomic E-state index is -0.537. The van der Waals surface area contributed by atoms with Crippen LogP contribution in [0.15, 0.2) is 30.5 Å². The fraction of sp³-hybridized carbons (Fsp3) is 0.200. The molecule has 0 atom stereocenters. The van der Waals surface area contributed by atoms with Crippen LogP contribution in [-0.2, 0) is 4.74 Å². The Labute approximate surface area is 121 Å². The zero-order valence-electron chi connectivity index (χ0n) is 11.8. The van der Waals surface area contributed by atoms with E-state index in [0.29, 0.717) is 0 Å². The summed E-state index contributed by atoms with van der Waals surface area (Å²) in [6, 6.07) is 6.21. The van der Waals surface area contributed by atoms with Gasteiger partial charge in [0.05, 0.1) is 23.5 Å². The smallest absolute Gasteiger partial charge is 0.340 e. The van der Waals surface area contributed by atoms with Gasteiger partial charge < -0.3 is 15.8 Å². The van der Waals surface area contributed by atoms with Crippen molar-refractivity contribution in [3.05, 3.63) is 47.4 Å². The van der Waals surface area contributed by atoms with Crippen molar-refractivity contribution >= 4 is 23.2 Å². The summed E-state index contributed by atoms with van der Waals surface area (Å²) in [6.07, 6.45) is 1.41. The van der Waals surface area contributed by atoms with Crippen molar-refractivity contribution in [3.63, 3.8) is 0 Å². The van der Waals surface area contributed by atoms with Gasteiger partial charge in [-0.1, -0.05) is 6.07 Å². The lowest BCUT2D eigenvalue weighted by atomic mass is 10.2. The largest absolute Gasteiger partial charge is 0.462 e. The Hall–Kier alpha value is -2.63. The fourth-order valence-electron chi connectivity index (χ4n) is 1.81. The molecule has 0 unspecified atom stereocenters. The normalized spacial score (nSPS) is 10.2. The van der Waals surface area contributed by atoms with Gasteiger partial charge in [-0.15, -0.1) is 0 Å². The van der Waals surface area contributed by atoms with Gasteiger partial charge in [-0.25, -0.2) is 14.2 Å². The molecule has 0 fully saturated rings. The second-order valence-electron chi connectivity index (χ2n) is 4.45. The summed E-state index contributed by atoms with van der Waals surface area (Å²) in [5, 5.41) is 2.79. The third-order valence-corrected chi connectivity index (χ3v) is 2.86. The van der Waals surface area contributed by atoms with Gasteiger partial charge in [0.15, 0.2) is 5.82 Å². The standard InChI is InChI=1S/C15H16FN3O2/c1-3-21-15(20)10-6-7-18-14(13(10)17)19-12-5-4-9(2)8-11(12)16/h4-8H,3,17H2,1-2H3,(H,18,19). The summed E-state index contributed by atoms with van der Waals surface area (Å²) in [7, 11) is 0. The van der Waals surface area contributed by atoms with Crippen LogP contribution in [0.4, 0.5) is 21.6 Å². The van der Waals surface area contributed by atoms with Crippen LogP contribution in [0.5, 0.6) is 0 Å². The molecule has 0 radical (unpaired) electrons. The third-order valence-electron chi connectivity index (χ3n) is 2.86. The number of nitrogens with two attached hydrogens (primary N) is 1. The average molecular weight is 289 g/mol. The molecule has 0 saturated heterocycles. The van der Waals surface area contributed by atoms with Crippen LogP contribution in [-0.4, -0.2) is 17.6 Å². The van der Waals surface area contributed by atoms with Gasteiger partial charge in [-0.2, -0.15) is 0 Å². The van der Waals surface area contributed by atoms with E-state index in [1.165, 1.54) is 18.3 Å². The number of benzene rings is 1. The maximum absolute atomic E-state index is 13.8. The lowest BCUT2D eigenvalue weighted by molar-refractivity contribution is 0.0527. The minimum absolute atomic E-state index is 0.121. The summed E-state index contributed by atoms with van der Waals surface area (Å²) in [5.41, 5.74) is 7.25. The van der Waals surface area contributed by atoms with Crippen molar-refractivity contribution in [1.82, 2.24) is 4.98 Å². The fourth-order valence-corrected chi connectivity index (χ4v) is 1.81. The van der Waals surface area contributed by atoms with Gasteiger partial charge in [-0.05, 0) is 37.6 Å². The SMILES string of the molecule is CCOC(=O)c1ccnc(Nc2ccc(C)cc2F)c1N. The van der Waals surface area contributed by atoms with Crippen molar-refractivity contribution in [1.29, 1.82) is 0 Å². The maximum atomic E-state index is 13.8. The van der Waals surface area contributed by atoms with Crippen molar-refractivity contribution in [3.8, 4) is 0 Å². The van der Waals surface area contributed by atoms with Crippen LogP contribution in [0, 0.1) is 12.7 Å². The number of carbonyl (C=O) groups is 1. The molecule has 1 aromatic carbocycles. The van der Waals surface area contributed by atoms with Crippen LogP contribution in [0.2, 0.25) is 0 Å². The zero-order valence-corrected chi connectivity index (χ0v) is 11.8. The van der Waals surface area contributed by atoms with Crippen molar-refractivity contribution < 1.29 is 13.9 Å². The molecule has 6 heteroatoms. The van der Waals surface area contributed by atoms with E-state index in [2.05, 4.69) is 10.3 Å². The average Bonchev–Trinajstić information content (AvgIpc) is 2.44. The van der Waals surface area contributed by atoms with Gasteiger partial charge in [0.25, 0.3) is 0 Å². The number of hydrogen-bond acceptors (Lipinski definition) is 5. The van der Waals surface area contributed by atoms with Crippen LogP contribution in [0.25, 0.3) is 0 Å². The summed E-state index contributed by atoms with van der Waals surface area (Å²) < 4.78 is 18.7. The number of ether oxygens (including phenoxy) is 1. The van der Waals surface area contributed by atoms with E-state index in [9.17, 15) is 9.18 Å². The molecule has 0 bridgehead atoms. The Balaban J connectivity index is 2.32. The Kier molecular flexibility index (Phi) is 4.37. The first-order valence-electron chi connectivity index (χ1n) is 6.47. The van der Waals surface area contributed by atoms with Gasteiger partial charge in [-0.3, -0.25) is 0 Å². The van der Waals surface area contributed by atoms with Crippen LogP contribution >= 0.6 is 0 Å². The van der Waals surface area contributed by atoms with Crippen LogP contribution < -0.4 is 11.1 Å². The maximum Gasteiger partial charge on any atom is 0.340 e. The number of anilines is 3. The predicted octanol–water partition coefficient (Wildman–Crippen LogP) is 3.03. The molecule has 1 heterocycles. The summed E-state index contributed by atoms with van der Waals surface area (Å²) in [5.74, 6) is -0.745. The number of carbonyl (C=O) groups excluding carboxylic acids is 1. The van der Waals surface area contributed by atoms with Crippen molar-refractivity contribution in [2.45, 2.75) is 13.8 Å². The molecule has 0 spiro atoms. The molecule has 3 N–H and O–H groups in total. The quantitative estimate of drug-likeness (QED) is 0.846. The van der Waals surface area contributed by atoms with Crippen molar-refractivity contribution in [2.75, 3.05) is 17.7 Å². The molecule has 0 aliphatic heterocycles. The summed E-state index contributed by atoms with van der Waals surface area (Å²) in [6.45, 7) is 3.74. The van der Waals surface area contributed by atoms with Gasteiger partial charge in [0.1, 0.15) is 5.82 Å². The number of esters is 1. The molecule has 1 aromatic heterocycles. The number of pyridine rings is 1. The highest BCUT2D eigenvalue weighted by Crippen LogP contribution is 2.26. The van der Waals surface area contributed by atoms with Gasteiger partial charge >= 0.3 is 5.97 Å². The molecular weight excluding hydrogens is 273 g/mol. The zero-order chi connectivity index (χ0) is 15.4. The second kappa shape index (κ2) is 6.21. The van der Waals surface area contributed by atoms with Crippen LogP contribution in [0.3, 0.4) is 0 Å². The van der Waals surface area contributed by atoms with E-state index in [1.807, 2.05) is 0 Å². The lowest BCUT2D eigenvalue weighted by Crippen LogP contribution is -2.10. The first-order valence-corrected chi connectivity index (χ1v) is 6.47. The second-order valence-corrected chi connectivity index (χ2v) is 4.45. The molecule has 0 amide bonds. The van der Waals surface area contributed by atoms with E-state index in [-0.39, 0.29) is 29.4 Å². The lowest BCUT2D eigenvalue weighted by Gasteiger charge is -2.12. The number of nitrogen functional groups attached to an aromatic ring is 1. The Morgan fingerprint density at radius 2 is 2.19 bits per heavy atom. The first-order chi connectivity index (χ1) is 10.0. The van der Waals surface area contributed by atoms with Gasteiger partial charge in [0.2, 0.25) is 0 Å². The third kappa shape index (κ3) is 3.28. The number of nitrogens with one attached hydrogen (secondary N) is 1. The van der Waals surface area contributed by atoms with Gasteiger partial charge in [0, 0.05) is 6.20 Å². The molecule has 21 heavy (non-hydrogen) atoms. The highest BCUT2D eigenvalue weighted by atomic mass is 19.1. The molecule has 2 aromatic rings. The monoisotopic (exact) mass is 289 g/mol. The predicted molar refractivity (Wildman–Crippen MR) is 79.0 cm³/mol. The summed E-state index contributed by atoms with van der Waals surface area (Å²) >= 11 is 0. The van der Waals surface area contributed by atoms with E-state index < -0.39 is 11.8 Å². The van der Waals surface area contributed by atoms with Crippen LogP contribution in [0.1, 0.15) is 22.8 Å². The summed E-state index contributed by atoms with van der Waals surface area (Å²) in [4.78, 5) is 15.8. The Morgan fingerprint density at radius 1 is 1.43 bits per heavy atom. The van der Waals surface area contributed by atoms with Crippen molar-refractivity contribution in [2.24, 2.45) is 0 Å². The van der Waals surface area contributed by atoms with E-state index in [1.54, 1.807) is 26.0 Å². The Morgan fingerprint density at radius 3 is 2.86 bits per heavy atom. The Bertz CT molecular complexity index is 674. The van der Waals surface area contributed by atoms with E-state index in [4.69, 9.17) is 10.5 Å². The minimum Gasteiger partial charge on any atom is -0.462 e. The number of nitrogens with zero attached hydrogens (tertiary/aromatic N) is 1. The highest BCUT2D eigenvalue weighted by Gasteiger charge is 2.15. The topological polar surface area (TPSA) is 77.2 Å². The molecule has 2 rings (SSSR count). The number of aromatic nitrogens is 1. The molecule has 0 saturated carbocycles. The number of hydrogen-bond donors (Lipinski definition) is 2. The highest BCUT2D eigenvalue weighted by molar-refractivity contribution is 5.98. The number of rotatable bonds is 4. The molecular formula is C15H16FN3O2. The van der Waals surface area contributed by atoms with E-state index >= 15 is 0 Å².